The van der Waals surface area contributed by atoms with E-state index in [9.17, 15) is 9.18 Å². The lowest BCUT2D eigenvalue weighted by atomic mass is 10.3. The van der Waals surface area contributed by atoms with Crippen LogP contribution in [0.2, 0.25) is 0 Å². The molecule has 1 heterocycles. The number of halogens is 2. The van der Waals surface area contributed by atoms with E-state index in [2.05, 4.69) is 25.9 Å². The first-order valence-electron chi connectivity index (χ1n) is 4.34. The molecule has 0 amide bonds. The third-order valence-electron chi connectivity index (χ3n) is 1.81. The van der Waals surface area contributed by atoms with Gasteiger partial charge in [-0.3, -0.25) is 4.79 Å². The zero-order chi connectivity index (χ0) is 11.5. The Hall–Kier alpha value is -1.69. The minimum atomic E-state index is -0.517. The van der Waals surface area contributed by atoms with Gasteiger partial charge in [-0.15, -0.1) is 0 Å². The van der Waals surface area contributed by atoms with Crippen molar-refractivity contribution >= 4 is 15.9 Å². The molecular weight excluding hydrogens is 279 g/mol. The van der Waals surface area contributed by atoms with Crippen LogP contribution >= 0.6 is 15.9 Å². The van der Waals surface area contributed by atoms with Gasteiger partial charge in [0.15, 0.2) is 11.6 Å². The highest BCUT2D eigenvalue weighted by atomic mass is 79.9. The van der Waals surface area contributed by atoms with Crippen LogP contribution in [-0.2, 0) is 0 Å². The first kappa shape index (κ1) is 10.8. The quantitative estimate of drug-likeness (QED) is 0.922. The van der Waals surface area contributed by atoms with E-state index in [0.717, 1.165) is 0 Å². The van der Waals surface area contributed by atoms with Gasteiger partial charge >= 0.3 is 0 Å². The number of rotatable bonds is 2. The average molecular weight is 285 g/mol. The Morgan fingerprint density at radius 2 is 2.12 bits per heavy atom. The summed E-state index contributed by atoms with van der Waals surface area (Å²) in [6.45, 7) is 0. The lowest BCUT2D eigenvalue weighted by Gasteiger charge is -2.05. The highest BCUT2D eigenvalue weighted by molar-refractivity contribution is 9.10. The normalized spacial score (nSPS) is 10.1. The van der Waals surface area contributed by atoms with Crippen LogP contribution in [0.15, 0.2) is 39.9 Å². The third-order valence-corrected chi connectivity index (χ3v) is 2.51. The molecule has 2 aromatic rings. The molecule has 0 aliphatic carbocycles. The fraction of sp³-hybridized carbons (Fsp3) is 0. The molecule has 0 aliphatic heterocycles. The van der Waals surface area contributed by atoms with Crippen LogP contribution in [0.4, 0.5) is 4.39 Å². The minimum absolute atomic E-state index is 0.0151. The van der Waals surface area contributed by atoms with Crippen LogP contribution in [-0.4, -0.2) is 9.97 Å². The molecule has 4 nitrogen and oxygen atoms in total. The van der Waals surface area contributed by atoms with Gasteiger partial charge in [-0.25, -0.2) is 9.37 Å². The van der Waals surface area contributed by atoms with E-state index in [0.29, 0.717) is 0 Å². The fourth-order valence-corrected chi connectivity index (χ4v) is 1.37. The molecule has 1 N–H and O–H groups in total. The van der Waals surface area contributed by atoms with Gasteiger partial charge in [0.25, 0.3) is 5.56 Å². The van der Waals surface area contributed by atoms with Crippen molar-refractivity contribution in [1.29, 1.82) is 0 Å². The van der Waals surface area contributed by atoms with Gasteiger partial charge in [0.05, 0.1) is 6.33 Å². The van der Waals surface area contributed by atoms with Gasteiger partial charge in [0.2, 0.25) is 5.88 Å². The lowest BCUT2D eigenvalue weighted by Crippen LogP contribution is -2.08. The van der Waals surface area contributed by atoms with Gasteiger partial charge in [0, 0.05) is 0 Å². The number of aromatic nitrogens is 2. The van der Waals surface area contributed by atoms with Crippen LogP contribution in [0, 0.1) is 5.82 Å². The Morgan fingerprint density at radius 3 is 2.88 bits per heavy atom. The second-order valence-corrected chi connectivity index (χ2v) is 3.68. The summed E-state index contributed by atoms with van der Waals surface area (Å²) in [4.78, 5) is 17.3. The lowest BCUT2D eigenvalue weighted by molar-refractivity contribution is 0.423. The molecule has 16 heavy (non-hydrogen) atoms. The van der Waals surface area contributed by atoms with Crippen molar-refractivity contribution in [2.45, 2.75) is 0 Å². The summed E-state index contributed by atoms with van der Waals surface area (Å²) >= 11 is 3.01. The van der Waals surface area contributed by atoms with Crippen LogP contribution in [0.5, 0.6) is 11.6 Å². The van der Waals surface area contributed by atoms with E-state index in [1.165, 1.54) is 18.5 Å². The van der Waals surface area contributed by atoms with Gasteiger partial charge < -0.3 is 9.72 Å². The van der Waals surface area contributed by atoms with Crippen LogP contribution in [0.1, 0.15) is 0 Å². The van der Waals surface area contributed by atoms with E-state index in [-0.39, 0.29) is 21.7 Å². The first-order valence-corrected chi connectivity index (χ1v) is 5.13. The summed E-state index contributed by atoms with van der Waals surface area (Å²) < 4.78 is 18.5. The summed E-state index contributed by atoms with van der Waals surface area (Å²) in [6, 6.07) is 5.88. The zero-order valence-corrected chi connectivity index (χ0v) is 9.49. The first-order chi connectivity index (χ1) is 7.68. The van der Waals surface area contributed by atoms with Crippen molar-refractivity contribution in [3.63, 3.8) is 0 Å². The second kappa shape index (κ2) is 4.44. The number of benzene rings is 1. The molecule has 6 heteroatoms. The molecule has 0 fully saturated rings. The van der Waals surface area contributed by atoms with Gasteiger partial charge in [-0.05, 0) is 28.1 Å². The maximum Gasteiger partial charge on any atom is 0.268 e. The Bertz CT molecular complexity index is 571. The summed E-state index contributed by atoms with van der Waals surface area (Å²) in [6.07, 6.45) is 1.18. The molecule has 2 rings (SSSR count). The van der Waals surface area contributed by atoms with Crippen molar-refractivity contribution in [3.8, 4) is 11.6 Å². The molecule has 0 bridgehead atoms. The fourth-order valence-electron chi connectivity index (χ4n) is 1.07. The molecule has 0 atom stereocenters. The van der Waals surface area contributed by atoms with Crippen molar-refractivity contribution < 1.29 is 9.13 Å². The van der Waals surface area contributed by atoms with Crippen LogP contribution in [0.3, 0.4) is 0 Å². The van der Waals surface area contributed by atoms with Crippen LogP contribution < -0.4 is 10.3 Å². The number of nitrogens with one attached hydrogen (secondary N) is 1. The summed E-state index contributed by atoms with van der Waals surface area (Å²) in [5.41, 5.74) is -0.388. The Balaban J connectivity index is 2.38. The van der Waals surface area contributed by atoms with E-state index in [1.54, 1.807) is 12.1 Å². The van der Waals surface area contributed by atoms with Gasteiger partial charge in [0.1, 0.15) is 4.47 Å². The third kappa shape index (κ3) is 2.11. The number of hydrogen-bond donors (Lipinski definition) is 1. The van der Waals surface area contributed by atoms with Crippen molar-refractivity contribution in [1.82, 2.24) is 9.97 Å². The molecule has 1 aromatic heterocycles. The topological polar surface area (TPSA) is 55.0 Å². The maximum atomic E-state index is 13.3. The number of para-hydroxylation sites is 1. The number of aromatic amines is 1. The molecule has 0 radical (unpaired) electrons. The molecular formula is C10H6BrFN2O2. The number of hydrogen-bond acceptors (Lipinski definition) is 3. The zero-order valence-electron chi connectivity index (χ0n) is 7.91. The highest BCUT2D eigenvalue weighted by Gasteiger charge is 2.10. The monoisotopic (exact) mass is 284 g/mol. The number of nitrogens with zero attached hydrogens (tertiary/aromatic N) is 1. The summed E-state index contributed by atoms with van der Waals surface area (Å²) in [5, 5.41) is 0. The Morgan fingerprint density at radius 1 is 1.38 bits per heavy atom. The molecule has 0 spiro atoms. The van der Waals surface area contributed by atoms with Gasteiger partial charge in [-0.1, -0.05) is 12.1 Å². The summed E-state index contributed by atoms with van der Waals surface area (Å²) in [7, 11) is 0. The molecule has 0 aliphatic rings. The smallest absolute Gasteiger partial charge is 0.268 e. The predicted molar refractivity (Wildman–Crippen MR) is 59.0 cm³/mol. The van der Waals surface area contributed by atoms with E-state index in [1.807, 2.05) is 0 Å². The van der Waals surface area contributed by atoms with E-state index >= 15 is 0 Å². The molecule has 0 saturated heterocycles. The Labute approximate surface area is 98.2 Å². The van der Waals surface area contributed by atoms with Gasteiger partial charge in [-0.2, -0.15) is 0 Å². The second-order valence-electron chi connectivity index (χ2n) is 2.88. The highest BCUT2D eigenvalue weighted by Crippen LogP contribution is 2.25. The predicted octanol–water partition coefficient (Wildman–Crippen LogP) is 2.46. The van der Waals surface area contributed by atoms with Crippen LogP contribution in [0.25, 0.3) is 0 Å². The largest absolute Gasteiger partial charge is 0.435 e. The molecule has 0 unspecified atom stereocenters. The number of ether oxygens (including phenoxy) is 1. The van der Waals surface area contributed by atoms with Crippen molar-refractivity contribution in [2.24, 2.45) is 0 Å². The van der Waals surface area contributed by atoms with E-state index < -0.39 is 5.82 Å². The SMILES string of the molecule is O=c1[nH]cnc(Oc2ccccc2F)c1Br. The Kier molecular flexibility index (Phi) is 3.00. The molecule has 0 saturated carbocycles. The van der Waals surface area contributed by atoms with Crippen molar-refractivity contribution in [2.75, 3.05) is 0 Å². The van der Waals surface area contributed by atoms with Crippen molar-refractivity contribution in [3.05, 3.63) is 51.2 Å². The maximum absolute atomic E-state index is 13.3. The molecule has 82 valence electrons. The summed E-state index contributed by atoms with van der Waals surface area (Å²) in [5.74, 6) is -0.480. The average Bonchev–Trinajstić information content (AvgIpc) is 2.28. The number of H-pyrrole nitrogens is 1. The molecule has 1 aromatic carbocycles. The minimum Gasteiger partial charge on any atom is -0.435 e. The standard InChI is InChI=1S/C10H6BrFN2O2/c11-8-9(15)13-5-14-10(8)16-7-4-2-1-3-6(7)12/h1-5H,(H,13,14,15). The van der Waals surface area contributed by atoms with E-state index in [4.69, 9.17) is 4.74 Å².